The Morgan fingerprint density at radius 3 is 2.56 bits per heavy atom. The summed E-state index contributed by atoms with van der Waals surface area (Å²) in [6, 6.07) is 12.2. The van der Waals surface area contributed by atoms with Gasteiger partial charge < -0.3 is 4.74 Å². The van der Waals surface area contributed by atoms with E-state index in [1.807, 2.05) is 37.3 Å². The number of nitrogens with one attached hydrogen (secondary N) is 1. The van der Waals surface area contributed by atoms with Crippen LogP contribution in [0.25, 0.3) is 0 Å². The number of rotatable bonds is 6. The lowest BCUT2D eigenvalue weighted by molar-refractivity contribution is 0.170. The normalized spacial score (nSPS) is 14.1. The highest BCUT2D eigenvalue weighted by molar-refractivity contribution is 5.31. The summed E-state index contributed by atoms with van der Waals surface area (Å²) in [7, 11) is 1.65. The average Bonchev–Trinajstić information content (AvgIpc) is 2.36. The first-order chi connectivity index (χ1) is 7.79. The zero-order chi connectivity index (χ0) is 11.9. The predicted molar refractivity (Wildman–Crippen MR) is 63.9 cm³/mol. The molecule has 1 aromatic carbocycles. The minimum atomic E-state index is -0.633. The molecule has 0 bridgehead atoms. The predicted octanol–water partition coefficient (Wildman–Crippen LogP) is 2.05. The smallest absolute Gasteiger partial charge is 0.134 e. The van der Waals surface area contributed by atoms with Crippen LogP contribution in [0.1, 0.15) is 18.9 Å². The zero-order valence-corrected chi connectivity index (χ0v) is 9.86. The standard InChI is InChI=1S/C13H18N2O/c1-3-15-13(11-14,9-10-16-2)12-7-5-4-6-8-12/h4-8,15H,3,9-10H2,1-2H3. The molecule has 0 aliphatic heterocycles. The first kappa shape index (κ1) is 12.7. The van der Waals surface area contributed by atoms with Crippen LogP contribution in [0.3, 0.4) is 0 Å². The van der Waals surface area contributed by atoms with Crippen LogP contribution in [-0.2, 0) is 10.3 Å². The van der Waals surface area contributed by atoms with E-state index in [0.717, 1.165) is 12.1 Å². The molecule has 3 heteroatoms. The van der Waals surface area contributed by atoms with Gasteiger partial charge in [-0.05, 0) is 12.1 Å². The Hall–Kier alpha value is -1.37. The van der Waals surface area contributed by atoms with Crippen LogP contribution >= 0.6 is 0 Å². The van der Waals surface area contributed by atoms with E-state index in [-0.39, 0.29) is 0 Å². The van der Waals surface area contributed by atoms with Gasteiger partial charge in [0, 0.05) is 20.1 Å². The Labute approximate surface area is 97.0 Å². The number of nitriles is 1. The molecule has 1 atom stereocenters. The molecule has 86 valence electrons. The van der Waals surface area contributed by atoms with Crippen LogP contribution in [0.15, 0.2) is 30.3 Å². The van der Waals surface area contributed by atoms with Crippen molar-refractivity contribution in [3.8, 4) is 6.07 Å². The molecule has 1 N–H and O–H groups in total. The monoisotopic (exact) mass is 218 g/mol. The quantitative estimate of drug-likeness (QED) is 0.794. The summed E-state index contributed by atoms with van der Waals surface area (Å²) >= 11 is 0. The van der Waals surface area contributed by atoms with Crippen molar-refractivity contribution in [3.63, 3.8) is 0 Å². The molecule has 0 aliphatic carbocycles. The van der Waals surface area contributed by atoms with E-state index in [4.69, 9.17) is 4.74 Å². The number of ether oxygens (including phenoxy) is 1. The fourth-order valence-corrected chi connectivity index (χ4v) is 1.77. The molecule has 1 aromatic rings. The lowest BCUT2D eigenvalue weighted by Crippen LogP contribution is -2.42. The van der Waals surface area contributed by atoms with Gasteiger partial charge in [0.2, 0.25) is 0 Å². The van der Waals surface area contributed by atoms with Crippen LogP contribution in [0, 0.1) is 11.3 Å². The molecule has 0 radical (unpaired) electrons. The summed E-state index contributed by atoms with van der Waals surface area (Å²) in [5.74, 6) is 0. The second-order valence-corrected chi connectivity index (χ2v) is 3.66. The Kier molecular flexibility index (Phi) is 4.97. The van der Waals surface area contributed by atoms with Gasteiger partial charge in [0.1, 0.15) is 5.54 Å². The van der Waals surface area contributed by atoms with Crippen LogP contribution in [0.5, 0.6) is 0 Å². The van der Waals surface area contributed by atoms with Gasteiger partial charge in [-0.25, -0.2) is 0 Å². The highest BCUT2D eigenvalue weighted by Gasteiger charge is 2.30. The first-order valence-corrected chi connectivity index (χ1v) is 5.50. The van der Waals surface area contributed by atoms with Gasteiger partial charge in [0.05, 0.1) is 6.07 Å². The SMILES string of the molecule is CCNC(C#N)(CCOC)c1ccccc1. The molecule has 1 rings (SSSR count). The van der Waals surface area contributed by atoms with Crippen molar-refractivity contribution < 1.29 is 4.74 Å². The molecule has 0 heterocycles. The molecule has 0 fully saturated rings. The molecule has 0 saturated carbocycles. The van der Waals surface area contributed by atoms with Gasteiger partial charge in [0.25, 0.3) is 0 Å². The second-order valence-electron chi connectivity index (χ2n) is 3.66. The summed E-state index contributed by atoms with van der Waals surface area (Å²) < 4.78 is 5.08. The molecule has 0 aliphatic rings. The van der Waals surface area contributed by atoms with Crippen LogP contribution < -0.4 is 5.32 Å². The summed E-state index contributed by atoms with van der Waals surface area (Å²) in [6.07, 6.45) is 0.651. The van der Waals surface area contributed by atoms with Gasteiger partial charge in [-0.15, -0.1) is 0 Å². The maximum Gasteiger partial charge on any atom is 0.134 e. The van der Waals surface area contributed by atoms with Crippen molar-refractivity contribution in [3.05, 3.63) is 35.9 Å². The third kappa shape index (κ3) is 2.82. The number of hydrogen-bond donors (Lipinski definition) is 1. The highest BCUT2D eigenvalue weighted by atomic mass is 16.5. The van der Waals surface area contributed by atoms with Crippen LogP contribution in [0.2, 0.25) is 0 Å². The maximum atomic E-state index is 9.42. The van der Waals surface area contributed by atoms with Crippen molar-refractivity contribution in [2.45, 2.75) is 18.9 Å². The van der Waals surface area contributed by atoms with Gasteiger partial charge >= 0.3 is 0 Å². The lowest BCUT2D eigenvalue weighted by atomic mass is 9.88. The first-order valence-electron chi connectivity index (χ1n) is 5.50. The Morgan fingerprint density at radius 1 is 1.38 bits per heavy atom. The van der Waals surface area contributed by atoms with Crippen LogP contribution in [-0.4, -0.2) is 20.3 Å². The minimum absolute atomic E-state index is 0.565. The van der Waals surface area contributed by atoms with Gasteiger partial charge in [0.15, 0.2) is 0 Å². The highest BCUT2D eigenvalue weighted by Crippen LogP contribution is 2.24. The summed E-state index contributed by atoms with van der Waals surface area (Å²) in [6.45, 7) is 3.32. The molecule has 16 heavy (non-hydrogen) atoms. The van der Waals surface area contributed by atoms with E-state index >= 15 is 0 Å². The maximum absolute atomic E-state index is 9.42. The Morgan fingerprint density at radius 2 is 2.06 bits per heavy atom. The van der Waals surface area contributed by atoms with E-state index in [1.165, 1.54) is 0 Å². The third-order valence-corrected chi connectivity index (χ3v) is 2.62. The molecule has 0 spiro atoms. The topological polar surface area (TPSA) is 45.0 Å². The van der Waals surface area contributed by atoms with E-state index in [2.05, 4.69) is 11.4 Å². The van der Waals surface area contributed by atoms with Crippen molar-refractivity contribution in [1.29, 1.82) is 5.26 Å². The molecule has 0 aromatic heterocycles. The van der Waals surface area contributed by atoms with Crippen molar-refractivity contribution in [2.24, 2.45) is 0 Å². The third-order valence-electron chi connectivity index (χ3n) is 2.62. The summed E-state index contributed by atoms with van der Waals surface area (Å²) in [5.41, 5.74) is 0.364. The van der Waals surface area contributed by atoms with Crippen molar-refractivity contribution >= 4 is 0 Å². The van der Waals surface area contributed by atoms with E-state index < -0.39 is 5.54 Å². The largest absolute Gasteiger partial charge is 0.385 e. The fraction of sp³-hybridized carbons (Fsp3) is 0.462. The molecule has 0 amide bonds. The second kappa shape index (κ2) is 6.26. The number of hydrogen-bond acceptors (Lipinski definition) is 3. The molecular formula is C13H18N2O. The van der Waals surface area contributed by atoms with Crippen LogP contribution in [0.4, 0.5) is 0 Å². The van der Waals surface area contributed by atoms with Crippen molar-refractivity contribution in [2.75, 3.05) is 20.3 Å². The minimum Gasteiger partial charge on any atom is -0.385 e. The Bertz CT molecular complexity index is 345. The summed E-state index contributed by atoms with van der Waals surface area (Å²) in [5, 5.41) is 12.7. The van der Waals surface area contributed by atoms with E-state index in [1.54, 1.807) is 7.11 Å². The zero-order valence-electron chi connectivity index (χ0n) is 9.86. The van der Waals surface area contributed by atoms with Gasteiger partial charge in [-0.3, -0.25) is 5.32 Å². The molecule has 0 saturated heterocycles. The molecular weight excluding hydrogens is 200 g/mol. The van der Waals surface area contributed by atoms with Gasteiger partial charge in [-0.1, -0.05) is 37.3 Å². The van der Waals surface area contributed by atoms with E-state index in [9.17, 15) is 5.26 Å². The molecule has 1 unspecified atom stereocenters. The fourth-order valence-electron chi connectivity index (χ4n) is 1.77. The van der Waals surface area contributed by atoms with Gasteiger partial charge in [-0.2, -0.15) is 5.26 Å². The number of benzene rings is 1. The molecule has 3 nitrogen and oxygen atoms in total. The van der Waals surface area contributed by atoms with Crippen molar-refractivity contribution in [1.82, 2.24) is 5.32 Å². The van der Waals surface area contributed by atoms with E-state index in [0.29, 0.717) is 13.0 Å². The number of methoxy groups -OCH3 is 1. The summed E-state index contributed by atoms with van der Waals surface area (Å²) in [4.78, 5) is 0. The Balaban J connectivity index is 2.98. The number of nitrogens with zero attached hydrogens (tertiary/aromatic N) is 1. The lowest BCUT2D eigenvalue weighted by Gasteiger charge is -2.27. The average molecular weight is 218 g/mol.